The minimum Gasteiger partial charge on any atom is -0.359 e. The predicted octanol–water partition coefficient (Wildman–Crippen LogP) is 3.31. The molecule has 0 aromatic rings. The first-order chi connectivity index (χ1) is 10.4. The van der Waals surface area contributed by atoms with Crippen LogP contribution in [0.2, 0.25) is 0 Å². The Bertz CT molecular complexity index is 320. The molecule has 2 N–H and O–H groups in total. The highest BCUT2D eigenvalue weighted by Crippen LogP contribution is 2.14. The Morgan fingerprint density at radius 2 is 1.27 bits per heavy atom. The third-order valence-corrected chi connectivity index (χ3v) is 3.40. The molecule has 0 aliphatic carbocycles. The predicted molar refractivity (Wildman–Crippen MR) is 79.3 cm³/mol. The molecule has 0 radical (unpaired) electrons. The average molecular weight is 324 g/mol. The number of halogens is 3. The maximum atomic E-state index is 11.9. The maximum absolute atomic E-state index is 11.9. The first-order valence-electron chi connectivity index (χ1n) is 7.93. The average Bonchev–Trinajstić information content (AvgIpc) is 2.46. The van der Waals surface area contributed by atoms with Crippen LogP contribution < -0.4 is 10.6 Å². The zero-order valence-corrected chi connectivity index (χ0v) is 13.2. The van der Waals surface area contributed by atoms with Crippen molar-refractivity contribution in [2.24, 2.45) is 0 Å². The number of carbonyl (C=O) groups is 2. The number of nitrogens with one attached hydrogen (secondary N) is 2. The van der Waals surface area contributed by atoms with Gasteiger partial charge in [-0.25, -0.2) is 0 Å². The Hall–Kier alpha value is -1.27. The van der Waals surface area contributed by atoms with Crippen molar-refractivity contribution in [2.75, 3.05) is 13.6 Å². The van der Waals surface area contributed by atoms with Gasteiger partial charge in [0.05, 0.1) is 0 Å². The molecule has 4 nitrogen and oxygen atoms in total. The van der Waals surface area contributed by atoms with Gasteiger partial charge in [0.15, 0.2) is 0 Å². The zero-order chi connectivity index (χ0) is 16.8. The summed E-state index contributed by atoms with van der Waals surface area (Å²) in [6.45, 7) is 0.0812. The molecule has 0 saturated heterocycles. The fourth-order valence-corrected chi connectivity index (χ4v) is 2.08. The van der Waals surface area contributed by atoms with Crippen LogP contribution in [0.4, 0.5) is 13.2 Å². The van der Waals surface area contributed by atoms with Gasteiger partial charge in [0.2, 0.25) is 5.91 Å². The Balaban J connectivity index is 3.21. The van der Waals surface area contributed by atoms with E-state index < -0.39 is 12.1 Å². The number of hydrogen-bond donors (Lipinski definition) is 2. The SMILES string of the molecule is CNC(=O)CCCCCCCCCCCNC(=O)C(F)(F)F. The molecule has 0 aromatic carbocycles. The molecular weight excluding hydrogens is 297 g/mol. The summed E-state index contributed by atoms with van der Waals surface area (Å²) in [4.78, 5) is 21.5. The minimum absolute atomic E-state index is 0.0811. The van der Waals surface area contributed by atoms with Crippen LogP contribution >= 0.6 is 0 Å². The molecule has 0 aromatic heterocycles. The van der Waals surface area contributed by atoms with E-state index in [1.807, 2.05) is 5.32 Å². The van der Waals surface area contributed by atoms with Crippen molar-refractivity contribution in [3.05, 3.63) is 0 Å². The van der Waals surface area contributed by atoms with E-state index >= 15 is 0 Å². The van der Waals surface area contributed by atoms with Crippen molar-refractivity contribution in [3.63, 3.8) is 0 Å². The van der Waals surface area contributed by atoms with Gasteiger partial charge in [-0.3, -0.25) is 9.59 Å². The summed E-state index contributed by atoms with van der Waals surface area (Å²) in [7, 11) is 1.64. The molecule has 0 unspecified atom stereocenters. The number of rotatable bonds is 12. The molecule has 0 aliphatic rings. The van der Waals surface area contributed by atoms with E-state index in [0.717, 1.165) is 51.4 Å². The van der Waals surface area contributed by atoms with Gasteiger partial charge in [0.1, 0.15) is 0 Å². The Labute approximate surface area is 130 Å². The van der Waals surface area contributed by atoms with E-state index in [9.17, 15) is 22.8 Å². The molecule has 130 valence electrons. The van der Waals surface area contributed by atoms with Gasteiger partial charge in [-0.15, -0.1) is 0 Å². The zero-order valence-electron chi connectivity index (χ0n) is 13.2. The van der Waals surface area contributed by atoms with Crippen molar-refractivity contribution in [1.82, 2.24) is 10.6 Å². The van der Waals surface area contributed by atoms with E-state index in [1.165, 1.54) is 0 Å². The van der Waals surface area contributed by atoms with Crippen LogP contribution in [-0.4, -0.2) is 31.6 Å². The summed E-state index contributed by atoms with van der Waals surface area (Å²) in [5.74, 6) is -1.78. The standard InChI is InChI=1S/C15H27F3N2O2/c1-19-13(21)11-9-7-5-3-2-4-6-8-10-12-20-14(22)15(16,17)18/h2-12H2,1H3,(H,19,21)(H,20,22). The van der Waals surface area contributed by atoms with E-state index in [-0.39, 0.29) is 12.5 Å². The third kappa shape index (κ3) is 12.5. The molecule has 22 heavy (non-hydrogen) atoms. The largest absolute Gasteiger partial charge is 0.471 e. The molecule has 0 spiro atoms. The number of hydrogen-bond acceptors (Lipinski definition) is 2. The maximum Gasteiger partial charge on any atom is 0.471 e. The molecule has 0 aliphatic heterocycles. The monoisotopic (exact) mass is 324 g/mol. The molecular formula is C15H27F3N2O2. The summed E-state index contributed by atoms with van der Waals surface area (Å²) in [5.41, 5.74) is 0. The molecule has 0 saturated carbocycles. The van der Waals surface area contributed by atoms with E-state index in [1.54, 1.807) is 7.05 Å². The van der Waals surface area contributed by atoms with Gasteiger partial charge < -0.3 is 10.6 Å². The first-order valence-corrected chi connectivity index (χ1v) is 7.93. The number of unbranched alkanes of at least 4 members (excludes halogenated alkanes) is 8. The lowest BCUT2D eigenvalue weighted by atomic mass is 10.1. The second kappa shape index (κ2) is 12.3. The fraction of sp³-hybridized carbons (Fsp3) is 0.867. The van der Waals surface area contributed by atoms with E-state index in [0.29, 0.717) is 12.8 Å². The van der Waals surface area contributed by atoms with Crippen molar-refractivity contribution < 1.29 is 22.8 Å². The second-order valence-corrected chi connectivity index (χ2v) is 5.36. The minimum atomic E-state index is -4.78. The second-order valence-electron chi connectivity index (χ2n) is 5.36. The van der Waals surface area contributed by atoms with Crippen LogP contribution in [0.15, 0.2) is 0 Å². The van der Waals surface area contributed by atoms with Crippen LogP contribution in [-0.2, 0) is 9.59 Å². The Morgan fingerprint density at radius 3 is 1.73 bits per heavy atom. The summed E-state index contributed by atoms with van der Waals surface area (Å²) in [5, 5.41) is 4.45. The van der Waals surface area contributed by atoms with E-state index in [4.69, 9.17) is 0 Å². The Kier molecular flexibility index (Phi) is 11.6. The molecule has 2 amide bonds. The van der Waals surface area contributed by atoms with Gasteiger partial charge in [-0.05, 0) is 12.8 Å². The van der Waals surface area contributed by atoms with Gasteiger partial charge in [0.25, 0.3) is 0 Å². The smallest absolute Gasteiger partial charge is 0.359 e. The normalized spacial score (nSPS) is 11.3. The lowest BCUT2D eigenvalue weighted by molar-refractivity contribution is -0.173. The summed E-state index contributed by atoms with van der Waals surface area (Å²) in [6.07, 6.45) is 4.55. The van der Waals surface area contributed by atoms with Gasteiger partial charge >= 0.3 is 12.1 Å². The highest BCUT2D eigenvalue weighted by atomic mass is 19.4. The topological polar surface area (TPSA) is 58.2 Å². The quantitative estimate of drug-likeness (QED) is 0.541. The van der Waals surface area contributed by atoms with Crippen LogP contribution in [0.1, 0.15) is 64.2 Å². The van der Waals surface area contributed by atoms with Crippen molar-refractivity contribution >= 4 is 11.8 Å². The van der Waals surface area contributed by atoms with Gasteiger partial charge in [0, 0.05) is 20.0 Å². The van der Waals surface area contributed by atoms with Crippen molar-refractivity contribution in [3.8, 4) is 0 Å². The fourth-order valence-electron chi connectivity index (χ4n) is 2.08. The van der Waals surface area contributed by atoms with Gasteiger partial charge in [-0.1, -0.05) is 44.9 Å². The molecule has 0 heterocycles. The number of amides is 2. The highest BCUT2D eigenvalue weighted by Gasteiger charge is 2.38. The van der Waals surface area contributed by atoms with Crippen LogP contribution in [0.5, 0.6) is 0 Å². The summed E-state index contributed by atoms with van der Waals surface area (Å²) >= 11 is 0. The number of carbonyl (C=O) groups excluding carboxylic acids is 2. The first kappa shape index (κ1) is 20.7. The molecule has 7 heteroatoms. The Morgan fingerprint density at radius 1 is 0.818 bits per heavy atom. The summed E-state index contributed by atoms with van der Waals surface area (Å²) in [6, 6.07) is 0. The molecule has 0 rings (SSSR count). The van der Waals surface area contributed by atoms with Crippen LogP contribution in [0.25, 0.3) is 0 Å². The van der Waals surface area contributed by atoms with Crippen LogP contribution in [0, 0.1) is 0 Å². The van der Waals surface area contributed by atoms with Crippen LogP contribution in [0.3, 0.4) is 0 Å². The molecule has 0 atom stereocenters. The molecule has 0 fully saturated rings. The van der Waals surface area contributed by atoms with E-state index in [2.05, 4.69) is 5.32 Å². The highest BCUT2D eigenvalue weighted by molar-refractivity contribution is 5.81. The van der Waals surface area contributed by atoms with Gasteiger partial charge in [-0.2, -0.15) is 13.2 Å². The lowest BCUT2D eigenvalue weighted by Crippen LogP contribution is -2.37. The number of alkyl halides is 3. The third-order valence-electron chi connectivity index (χ3n) is 3.40. The lowest BCUT2D eigenvalue weighted by Gasteiger charge is -2.07. The summed E-state index contributed by atoms with van der Waals surface area (Å²) < 4.78 is 35.6. The van der Waals surface area contributed by atoms with Crippen molar-refractivity contribution in [2.45, 2.75) is 70.4 Å². The molecule has 0 bridgehead atoms. The van der Waals surface area contributed by atoms with Crippen molar-refractivity contribution in [1.29, 1.82) is 0 Å².